The molecule has 0 N–H and O–H groups in total. The second kappa shape index (κ2) is 5.02. The summed E-state index contributed by atoms with van der Waals surface area (Å²) in [7, 11) is 0. The molecule has 22 heavy (non-hydrogen) atoms. The first kappa shape index (κ1) is 13.1. The van der Waals surface area contributed by atoms with E-state index in [1.807, 2.05) is 13.0 Å². The monoisotopic (exact) mass is 292 g/mol. The lowest BCUT2D eigenvalue weighted by Gasteiger charge is -2.38. The van der Waals surface area contributed by atoms with E-state index in [1.54, 1.807) is 12.4 Å². The van der Waals surface area contributed by atoms with Crippen molar-refractivity contribution in [3.63, 3.8) is 0 Å². The molecule has 3 aromatic rings. The smallest absolute Gasteiger partial charge is 0.240 e. The lowest BCUT2D eigenvalue weighted by molar-refractivity contribution is 0.216. The van der Waals surface area contributed by atoms with E-state index in [2.05, 4.69) is 44.4 Å². The van der Waals surface area contributed by atoms with Gasteiger partial charge in [0, 0.05) is 12.4 Å². The lowest BCUT2D eigenvalue weighted by Crippen LogP contribution is -2.35. The summed E-state index contributed by atoms with van der Waals surface area (Å²) < 4.78 is 5.57. The van der Waals surface area contributed by atoms with Gasteiger partial charge in [0.1, 0.15) is 0 Å². The summed E-state index contributed by atoms with van der Waals surface area (Å²) in [6.45, 7) is 1.95. The second-order valence-corrected chi connectivity index (χ2v) is 5.81. The van der Waals surface area contributed by atoms with E-state index in [1.165, 1.54) is 12.0 Å². The Morgan fingerprint density at radius 3 is 2.36 bits per heavy atom. The highest BCUT2D eigenvalue weighted by Gasteiger charge is 2.45. The Hall–Kier alpha value is -2.56. The van der Waals surface area contributed by atoms with Gasteiger partial charge in [0.05, 0.1) is 5.41 Å². The molecule has 2 aromatic heterocycles. The highest BCUT2D eigenvalue weighted by molar-refractivity contribution is 5.43. The van der Waals surface area contributed by atoms with Crippen LogP contribution in [0.25, 0.3) is 11.6 Å². The topological polar surface area (TPSA) is 64.7 Å². The maximum atomic E-state index is 5.57. The summed E-state index contributed by atoms with van der Waals surface area (Å²) in [4.78, 5) is 13.1. The van der Waals surface area contributed by atoms with Crippen LogP contribution < -0.4 is 0 Å². The number of rotatable bonds is 3. The highest BCUT2D eigenvalue weighted by Crippen LogP contribution is 2.48. The van der Waals surface area contributed by atoms with E-state index in [0.29, 0.717) is 17.5 Å². The van der Waals surface area contributed by atoms with Crippen molar-refractivity contribution in [1.29, 1.82) is 0 Å². The predicted octanol–water partition coefficient (Wildman–Crippen LogP) is 3.31. The number of aromatic nitrogens is 4. The summed E-state index contributed by atoms with van der Waals surface area (Å²) in [6, 6.07) is 10.4. The zero-order valence-electron chi connectivity index (χ0n) is 12.4. The third-order valence-corrected chi connectivity index (χ3v) is 4.35. The van der Waals surface area contributed by atoms with Crippen LogP contribution in [0.4, 0.5) is 0 Å². The first-order valence-corrected chi connectivity index (χ1v) is 7.47. The average molecular weight is 292 g/mol. The SMILES string of the molecule is Cc1cnc(-c2noc(C3(c4ccccc4)CCC3)n2)nc1. The maximum absolute atomic E-state index is 5.57. The molecular formula is C17H16N4O. The van der Waals surface area contributed by atoms with Gasteiger partial charge in [-0.15, -0.1) is 0 Å². The minimum absolute atomic E-state index is 0.142. The van der Waals surface area contributed by atoms with Crippen LogP contribution in [0.2, 0.25) is 0 Å². The summed E-state index contributed by atoms with van der Waals surface area (Å²) in [6.07, 6.45) is 6.76. The van der Waals surface area contributed by atoms with Gasteiger partial charge >= 0.3 is 0 Å². The first-order chi connectivity index (χ1) is 10.8. The fourth-order valence-electron chi connectivity index (χ4n) is 2.93. The number of benzene rings is 1. The van der Waals surface area contributed by atoms with Crippen molar-refractivity contribution in [2.24, 2.45) is 0 Å². The molecule has 1 fully saturated rings. The number of nitrogens with zero attached hydrogens (tertiary/aromatic N) is 4. The number of hydrogen-bond donors (Lipinski definition) is 0. The molecule has 5 heteroatoms. The summed E-state index contributed by atoms with van der Waals surface area (Å²) >= 11 is 0. The molecule has 0 amide bonds. The Morgan fingerprint density at radius 2 is 1.73 bits per heavy atom. The molecule has 0 spiro atoms. The van der Waals surface area contributed by atoms with Gasteiger partial charge < -0.3 is 4.52 Å². The van der Waals surface area contributed by atoms with Gasteiger partial charge in [0.25, 0.3) is 0 Å². The van der Waals surface area contributed by atoms with Crippen molar-refractivity contribution in [3.05, 3.63) is 59.7 Å². The van der Waals surface area contributed by atoms with Crippen molar-refractivity contribution >= 4 is 0 Å². The molecule has 1 aromatic carbocycles. The molecule has 1 saturated carbocycles. The Morgan fingerprint density at radius 1 is 1.00 bits per heavy atom. The zero-order chi connectivity index (χ0) is 15.0. The molecule has 1 aliphatic rings. The minimum Gasteiger partial charge on any atom is -0.338 e. The van der Waals surface area contributed by atoms with Crippen LogP contribution in [0.3, 0.4) is 0 Å². The van der Waals surface area contributed by atoms with Crippen LogP contribution in [0.1, 0.15) is 36.3 Å². The Balaban J connectivity index is 1.73. The Bertz CT molecular complexity index is 776. The summed E-state index contributed by atoms with van der Waals surface area (Å²) in [5, 5.41) is 4.08. The number of aryl methyl sites for hydroxylation is 1. The van der Waals surface area contributed by atoms with Gasteiger partial charge in [-0.25, -0.2) is 9.97 Å². The maximum Gasteiger partial charge on any atom is 0.240 e. The van der Waals surface area contributed by atoms with Crippen LogP contribution in [0, 0.1) is 6.92 Å². The van der Waals surface area contributed by atoms with Crippen molar-refractivity contribution in [1.82, 2.24) is 20.1 Å². The van der Waals surface area contributed by atoms with Crippen LogP contribution in [-0.4, -0.2) is 20.1 Å². The molecule has 0 saturated heterocycles. The molecule has 0 unspecified atom stereocenters. The quantitative estimate of drug-likeness (QED) is 0.741. The lowest BCUT2D eigenvalue weighted by atomic mass is 9.64. The van der Waals surface area contributed by atoms with Crippen molar-refractivity contribution in [2.75, 3.05) is 0 Å². The van der Waals surface area contributed by atoms with Crippen molar-refractivity contribution in [3.8, 4) is 11.6 Å². The summed E-state index contributed by atoms with van der Waals surface area (Å²) in [5.41, 5.74) is 2.10. The van der Waals surface area contributed by atoms with E-state index in [9.17, 15) is 0 Å². The Kier molecular flexibility index (Phi) is 2.99. The van der Waals surface area contributed by atoms with E-state index in [-0.39, 0.29) is 5.41 Å². The highest BCUT2D eigenvalue weighted by atomic mass is 16.5. The van der Waals surface area contributed by atoms with Gasteiger partial charge in [0.15, 0.2) is 0 Å². The van der Waals surface area contributed by atoms with Crippen LogP contribution in [-0.2, 0) is 5.41 Å². The van der Waals surface area contributed by atoms with Crippen molar-refractivity contribution < 1.29 is 4.52 Å². The molecule has 0 radical (unpaired) electrons. The molecule has 2 heterocycles. The molecule has 0 aliphatic heterocycles. The van der Waals surface area contributed by atoms with E-state index in [4.69, 9.17) is 4.52 Å². The summed E-state index contributed by atoms with van der Waals surface area (Å²) in [5.74, 6) is 1.63. The van der Waals surface area contributed by atoms with Gasteiger partial charge in [-0.2, -0.15) is 4.98 Å². The van der Waals surface area contributed by atoms with E-state index in [0.717, 1.165) is 18.4 Å². The average Bonchev–Trinajstić information content (AvgIpc) is 2.98. The molecule has 0 bridgehead atoms. The Labute approximate surface area is 128 Å². The van der Waals surface area contributed by atoms with Gasteiger partial charge in [-0.1, -0.05) is 41.9 Å². The third-order valence-electron chi connectivity index (χ3n) is 4.35. The van der Waals surface area contributed by atoms with E-state index >= 15 is 0 Å². The van der Waals surface area contributed by atoms with Crippen LogP contribution in [0.15, 0.2) is 47.2 Å². The largest absolute Gasteiger partial charge is 0.338 e. The van der Waals surface area contributed by atoms with Gasteiger partial charge in [-0.3, -0.25) is 0 Å². The first-order valence-electron chi connectivity index (χ1n) is 7.47. The van der Waals surface area contributed by atoms with Gasteiger partial charge in [0.2, 0.25) is 17.5 Å². The predicted molar refractivity (Wildman–Crippen MR) is 81.1 cm³/mol. The van der Waals surface area contributed by atoms with E-state index < -0.39 is 0 Å². The minimum atomic E-state index is -0.142. The molecule has 110 valence electrons. The standard InChI is InChI=1S/C17H16N4O/c1-12-10-18-14(19-11-12)15-20-16(22-21-15)17(8-5-9-17)13-6-3-2-4-7-13/h2-4,6-7,10-11H,5,8-9H2,1H3. The molecule has 4 rings (SSSR count). The zero-order valence-corrected chi connectivity index (χ0v) is 12.4. The van der Waals surface area contributed by atoms with Crippen LogP contribution in [0.5, 0.6) is 0 Å². The molecule has 1 aliphatic carbocycles. The molecular weight excluding hydrogens is 276 g/mol. The normalized spacial score (nSPS) is 16.2. The second-order valence-electron chi connectivity index (χ2n) is 5.81. The molecule has 0 atom stereocenters. The van der Waals surface area contributed by atoms with Crippen molar-refractivity contribution in [2.45, 2.75) is 31.6 Å². The fraction of sp³-hybridized carbons (Fsp3) is 0.294. The molecule has 5 nitrogen and oxygen atoms in total. The number of hydrogen-bond acceptors (Lipinski definition) is 5. The third kappa shape index (κ3) is 2.01. The fourth-order valence-corrected chi connectivity index (χ4v) is 2.93. The van der Waals surface area contributed by atoms with Gasteiger partial charge in [-0.05, 0) is 30.9 Å². The van der Waals surface area contributed by atoms with Crippen LogP contribution >= 0.6 is 0 Å².